The molecule has 3 heteroatoms. The van der Waals surface area contributed by atoms with E-state index in [1.807, 2.05) is 45.0 Å². The Morgan fingerprint density at radius 1 is 0.815 bits per heavy atom. The smallest absolute Gasteiger partial charge is 0.394 e. The van der Waals surface area contributed by atoms with E-state index in [0.717, 1.165) is 55.2 Å². The first-order valence-corrected chi connectivity index (χ1v) is 10.0. The highest BCUT2D eigenvalue weighted by Crippen LogP contribution is 2.28. The maximum absolute atomic E-state index is 12.4. The number of hydrogen-bond acceptors (Lipinski definition) is 3. The SMILES string of the molecule is CCCCc1cccc(OC(=O)Oc2ccc(C)c(C)c2C)c1CCCC. The quantitative estimate of drug-likeness (QED) is 0.376. The van der Waals surface area contributed by atoms with E-state index in [1.165, 1.54) is 11.1 Å². The summed E-state index contributed by atoms with van der Waals surface area (Å²) >= 11 is 0. The van der Waals surface area contributed by atoms with Gasteiger partial charge in [0.1, 0.15) is 11.5 Å². The molecule has 0 saturated carbocycles. The molecule has 0 atom stereocenters. The van der Waals surface area contributed by atoms with Gasteiger partial charge in [0.2, 0.25) is 0 Å². The number of carbonyl (C=O) groups is 1. The molecule has 0 amide bonds. The van der Waals surface area contributed by atoms with Crippen molar-refractivity contribution in [2.45, 2.75) is 73.1 Å². The monoisotopic (exact) mass is 368 g/mol. The van der Waals surface area contributed by atoms with Crippen molar-refractivity contribution in [3.8, 4) is 11.5 Å². The van der Waals surface area contributed by atoms with Crippen molar-refractivity contribution in [2.75, 3.05) is 0 Å². The summed E-state index contributed by atoms with van der Waals surface area (Å²) in [6.45, 7) is 10.4. The first-order valence-electron chi connectivity index (χ1n) is 10.0. The fraction of sp³-hybridized carbons (Fsp3) is 0.458. The Labute approximate surface area is 163 Å². The number of ether oxygens (including phenoxy) is 2. The summed E-state index contributed by atoms with van der Waals surface area (Å²) in [5.74, 6) is 1.18. The molecule has 0 unspecified atom stereocenters. The standard InChI is InChI=1S/C24H32O3/c1-6-8-11-20-12-10-14-23(21(20)13-9-7-2)27-24(25)26-22-16-15-17(3)18(4)19(22)5/h10,12,14-16H,6-9,11,13H2,1-5H3. The number of aryl methyl sites for hydroxylation is 2. The highest BCUT2D eigenvalue weighted by atomic mass is 16.7. The minimum absolute atomic E-state index is 0.556. The predicted molar refractivity (Wildman–Crippen MR) is 111 cm³/mol. The van der Waals surface area contributed by atoms with Gasteiger partial charge in [-0.1, -0.05) is 44.9 Å². The molecule has 0 aliphatic rings. The third-order valence-corrected chi connectivity index (χ3v) is 5.20. The molecule has 0 spiro atoms. The second-order valence-corrected chi connectivity index (χ2v) is 7.19. The minimum Gasteiger partial charge on any atom is -0.394 e. The highest BCUT2D eigenvalue weighted by molar-refractivity contribution is 5.69. The first-order chi connectivity index (χ1) is 13.0. The second-order valence-electron chi connectivity index (χ2n) is 7.19. The Hall–Kier alpha value is -2.29. The van der Waals surface area contributed by atoms with Crippen molar-refractivity contribution in [1.29, 1.82) is 0 Å². The van der Waals surface area contributed by atoms with Gasteiger partial charge in [0.05, 0.1) is 0 Å². The largest absolute Gasteiger partial charge is 0.519 e. The fourth-order valence-electron chi connectivity index (χ4n) is 3.19. The van der Waals surface area contributed by atoms with Crippen LogP contribution in [0.2, 0.25) is 0 Å². The number of carbonyl (C=O) groups excluding carboxylic acids is 1. The lowest BCUT2D eigenvalue weighted by molar-refractivity contribution is 0.151. The van der Waals surface area contributed by atoms with E-state index in [0.29, 0.717) is 11.5 Å². The van der Waals surface area contributed by atoms with E-state index >= 15 is 0 Å². The van der Waals surface area contributed by atoms with Crippen LogP contribution in [0.15, 0.2) is 30.3 Å². The van der Waals surface area contributed by atoms with Crippen molar-refractivity contribution in [3.63, 3.8) is 0 Å². The summed E-state index contributed by atoms with van der Waals surface area (Å²) in [7, 11) is 0. The third kappa shape index (κ3) is 5.59. The van der Waals surface area contributed by atoms with E-state index < -0.39 is 6.16 Å². The summed E-state index contributed by atoms with van der Waals surface area (Å²) in [5.41, 5.74) is 5.69. The Bertz CT molecular complexity index is 777. The average Bonchev–Trinajstić information content (AvgIpc) is 2.66. The van der Waals surface area contributed by atoms with Crippen molar-refractivity contribution >= 4 is 6.16 Å². The lowest BCUT2D eigenvalue weighted by Crippen LogP contribution is -2.16. The summed E-state index contributed by atoms with van der Waals surface area (Å²) in [4.78, 5) is 12.4. The molecule has 0 aliphatic heterocycles. The van der Waals surface area contributed by atoms with Crippen molar-refractivity contribution in [1.82, 2.24) is 0 Å². The molecule has 0 heterocycles. The molecular weight excluding hydrogens is 336 g/mol. The maximum Gasteiger partial charge on any atom is 0.519 e. The van der Waals surface area contributed by atoms with Crippen LogP contribution < -0.4 is 9.47 Å². The van der Waals surface area contributed by atoms with Crippen LogP contribution in [-0.2, 0) is 12.8 Å². The van der Waals surface area contributed by atoms with Crippen LogP contribution in [0.4, 0.5) is 4.79 Å². The Kier molecular flexibility index (Phi) is 7.90. The predicted octanol–water partition coefficient (Wildman–Crippen LogP) is 6.87. The molecular formula is C24H32O3. The Morgan fingerprint density at radius 3 is 2.19 bits per heavy atom. The van der Waals surface area contributed by atoms with Crippen LogP contribution in [0, 0.1) is 20.8 Å². The van der Waals surface area contributed by atoms with Crippen LogP contribution >= 0.6 is 0 Å². The van der Waals surface area contributed by atoms with E-state index in [4.69, 9.17) is 9.47 Å². The van der Waals surface area contributed by atoms with Crippen LogP contribution in [-0.4, -0.2) is 6.16 Å². The average molecular weight is 369 g/mol. The molecule has 0 fully saturated rings. The van der Waals surface area contributed by atoms with Gasteiger partial charge in [0.15, 0.2) is 0 Å². The summed E-state index contributed by atoms with van der Waals surface area (Å²) < 4.78 is 11.1. The number of hydrogen-bond donors (Lipinski definition) is 0. The van der Waals surface area contributed by atoms with Crippen molar-refractivity contribution in [2.24, 2.45) is 0 Å². The van der Waals surface area contributed by atoms with Gasteiger partial charge in [-0.15, -0.1) is 0 Å². The van der Waals surface area contributed by atoms with E-state index in [1.54, 1.807) is 0 Å². The fourth-order valence-corrected chi connectivity index (χ4v) is 3.19. The van der Waals surface area contributed by atoms with Gasteiger partial charge < -0.3 is 9.47 Å². The molecule has 2 aromatic rings. The summed E-state index contributed by atoms with van der Waals surface area (Å²) in [6, 6.07) is 9.77. The van der Waals surface area contributed by atoms with Crippen molar-refractivity contribution in [3.05, 3.63) is 58.1 Å². The third-order valence-electron chi connectivity index (χ3n) is 5.20. The molecule has 0 saturated heterocycles. The number of benzene rings is 2. The molecule has 0 N–H and O–H groups in total. The van der Waals surface area contributed by atoms with Gasteiger partial charge in [-0.25, -0.2) is 4.79 Å². The van der Waals surface area contributed by atoms with E-state index in [2.05, 4.69) is 19.9 Å². The topological polar surface area (TPSA) is 35.5 Å². The van der Waals surface area contributed by atoms with Gasteiger partial charge in [-0.2, -0.15) is 0 Å². The highest BCUT2D eigenvalue weighted by Gasteiger charge is 2.16. The molecule has 2 rings (SSSR count). The van der Waals surface area contributed by atoms with Crippen LogP contribution in [0.1, 0.15) is 67.3 Å². The van der Waals surface area contributed by atoms with Gasteiger partial charge in [0.25, 0.3) is 0 Å². The molecule has 0 radical (unpaired) electrons. The normalized spacial score (nSPS) is 10.7. The van der Waals surface area contributed by atoms with E-state index in [-0.39, 0.29) is 0 Å². The Balaban J connectivity index is 2.20. The van der Waals surface area contributed by atoms with Crippen molar-refractivity contribution < 1.29 is 14.3 Å². The summed E-state index contributed by atoms with van der Waals surface area (Å²) in [6.07, 6.45) is 5.71. The lowest BCUT2D eigenvalue weighted by Gasteiger charge is -2.15. The van der Waals surface area contributed by atoms with Gasteiger partial charge >= 0.3 is 6.16 Å². The van der Waals surface area contributed by atoms with Gasteiger partial charge in [0, 0.05) is 0 Å². The van der Waals surface area contributed by atoms with Crippen LogP contribution in [0.5, 0.6) is 11.5 Å². The van der Waals surface area contributed by atoms with Crippen LogP contribution in [0.3, 0.4) is 0 Å². The minimum atomic E-state index is -0.674. The summed E-state index contributed by atoms with van der Waals surface area (Å²) in [5, 5.41) is 0. The molecule has 0 bridgehead atoms. The molecule has 2 aromatic carbocycles. The zero-order valence-electron chi connectivity index (χ0n) is 17.4. The van der Waals surface area contributed by atoms with E-state index in [9.17, 15) is 4.79 Å². The number of rotatable bonds is 8. The van der Waals surface area contributed by atoms with Gasteiger partial charge in [-0.3, -0.25) is 0 Å². The maximum atomic E-state index is 12.4. The second kappa shape index (κ2) is 10.1. The zero-order chi connectivity index (χ0) is 19.8. The first kappa shape index (κ1) is 21.0. The molecule has 0 aromatic heterocycles. The molecule has 0 aliphatic carbocycles. The molecule has 3 nitrogen and oxygen atoms in total. The van der Waals surface area contributed by atoms with Crippen LogP contribution in [0.25, 0.3) is 0 Å². The zero-order valence-corrected chi connectivity index (χ0v) is 17.4. The molecule has 146 valence electrons. The molecule has 27 heavy (non-hydrogen) atoms. The van der Waals surface area contributed by atoms with Gasteiger partial charge in [-0.05, 0) is 86.4 Å². The number of unbranched alkanes of at least 4 members (excludes halogenated alkanes) is 2. The lowest BCUT2D eigenvalue weighted by atomic mass is 9.97. The Morgan fingerprint density at radius 2 is 1.48 bits per heavy atom.